The van der Waals surface area contributed by atoms with Crippen LogP contribution in [0.25, 0.3) is 11.0 Å². The standard InChI is InChI=1S/C24H32N4O6/c1-3-9-28-10-8-13(12-28)19-18-14-6-4-5-7-15(14)22(25-21(18)27(2)26-19)34-24-20(30)16(29)11-17(33-24)23(31)32/h11,13,16,20,24,29-30H,3-10,12H2,1-2H3,(H,31,32)/t13-,16-,20+,24-/m0/s1. The Bertz CT molecular complexity index is 1130. The zero-order chi connectivity index (χ0) is 24.0. The number of carbonyl (C=O) groups is 1. The molecule has 0 unspecified atom stereocenters. The van der Waals surface area contributed by atoms with Crippen molar-refractivity contribution in [2.75, 3.05) is 19.6 Å². The molecule has 0 spiro atoms. The maximum absolute atomic E-state index is 11.4. The van der Waals surface area contributed by atoms with Crippen LogP contribution >= 0.6 is 0 Å². The first kappa shape index (κ1) is 23.1. The van der Waals surface area contributed by atoms with Crippen molar-refractivity contribution in [1.29, 1.82) is 0 Å². The Morgan fingerprint density at radius 1 is 1.26 bits per heavy atom. The SMILES string of the molecule is CCCN1CC[C@H](c2nn(C)c3nc(O[C@@H]4OC(C(=O)O)=C[C@H](O)[C@H]4O)c4c(c23)CCCC4)C1. The van der Waals surface area contributed by atoms with Crippen LogP contribution in [0.4, 0.5) is 0 Å². The molecule has 10 heteroatoms. The molecule has 0 aromatic carbocycles. The van der Waals surface area contributed by atoms with Crippen LogP contribution in [-0.2, 0) is 29.4 Å². The Labute approximate surface area is 197 Å². The van der Waals surface area contributed by atoms with Gasteiger partial charge in [0.1, 0.15) is 6.10 Å². The van der Waals surface area contributed by atoms with Crippen LogP contribution in [0.3, 0.4) is 0 Å². The van der Waals surface area contributed by atoms with E-state index in [-0.39, 0.29) is 0 Å². The number of aliphatic carboxylic acids is 1. The molecule has 0 amide bonds. The van der Waals surface area contributed by atoms with Gasteiger partial charge in [-0.3, -0.25) is 4.68 Å². The average Bonchev–Trinajstić information content (AvgIpc) is 3.41. The Morgan fingerprint density at radius 3 is 2.76 bits per heavy atom. The second-order valence-electron chi connectivity index (χ2n) is 9.50. The quantitative estimate of drug-likeness (QED) is 0.572. The topological polar surface area (TPSA) is 130 Å². The van der Waals surface area contributed by atoms with Crippen molar-refractivity contribution in [3.8, 4) is 5.88 Å². The maximum atomic E-state index is 11.4. The van der Waals surface area contributed by atoms with Crippen LogP contribution in [0.1, 0.15) is 55.3 Å². The molecule has 10 nitrogen and oxygen atoms in total. The number of pyridine rings is 1. The predicted molar refractivity (Wildman–Crippen MR) is 122 cm³/mol. The van der Waals surface area contributed by atoms with E-state index in [0.29, 0.717) is 17.4 Å². The van der Waals surface area contributed by atoms with E-state index in [0.717, 1.165) is 80.9 Å². The number of nitrogens with zero attached hydrogens (tertiary/aromatic N) is 4. The van der Waals surface area contributed by atoms with E-state index in [1.807, 2.05) is 7.05 Å². The summed E-state index contributed by atoms with van der Waals surface area (Å²) in [5, 5.41) is 35.8. The van der Waals surface area contributed by atoms with Gasteiger partial charge in [-0.25, -0.2) is 4.79 Å². The van der Waals surface area contributed by atoms with Gasteiger partial charge < -0.3 is 29.7 Å². The van der Waals surface area contributed by atoms with Crippen molar-refractivity contribution in [3.05, 3.63) is 28.7 Å². The highest BCUT2D eigenvalue weighted by atomic mass is 16.7. The van der Waals surface area contributed by atoms with E-state index in [4.69, 9.17) is 19.6 Å². The van der Waals surface area contributed by atoms with Crippen LogP contribution in [0.2, 0.25) is 0 Å². The molecule has 2 aromatic heterocycles. The summed E-state index contributed by atoms with van der Waals surface area (Å²) in [6.45, 7) is 5.37. The second kappa shape index (κ2) is 9.16. The third-order valence-corrected chi connectivity index (χ3v) is 7.11. The minimum Gasteiger partial charge on any atom is -0.475 e. The van der Waals surface area contributed by atoms with Crippen molar-refractivity contribution < 1.29 is 29.6 Å². The number of aliphatic hydroxyl groups is 2. The molecule has 1 saturated heterocycles. The zero-order valence-electron chi connectivity index (χ0n) is 19.6. The molecule has 3 N–H and O–H groups in total. The number of fused-ring (bicyclic) bond motifs is 3. The second-order valence-corrected chi connectivity index (χ2v) is 9.50. The first-order valence-electron chi connectivity index (χ1n) is 12.1. The van der Waals surface area contributed by atoms with Crippen LogP contribution in [-0.4, -0.2) is 79.1 Å². The third-order valence-electron chi connectivity index (χ3n) is 7.11. The fourth-order valence-electron chi connectivity index (χ4n) is 5.47. The summed E-state index contributed by atoms with van der Waals surface area (Å²) in [5.41, 5.74) is 3.92. The summed E-state index contributed by atoms with van der Waals surface area (Å²) < 4.78 is 13.1. The molecule has 5 rings (SSSR count). The lowest BCUT2D eigenvalue weighted by Gasteiger charge is -2.31. The molecule has 0 bridgehead atoms. The van der Waals surface area contributed by atoms with Crippen molar-refractivity contribution >= 4 is 17.0 Å². The Hall–Kier alpha value is -2.69. The Kier molecular flexibility index (Phi) is 6.22. The molecular weight excluding hydrogens is 440 g/mol. The van der Waals surface area contributed by atoms with Crippen molar-refractivity contribution in [3.63, 3.8) is 0 Å². The van der Waals surface area contributed by atoms with E-state index in [1.165, 1.54) is 5.56 Å². The Balaban J connectivity index is 1.53. The third kappa shape index (κ3) is 4.03. The average molecular weight is 473 g/mol. The van der Waals surface area contributed by atoms with Crippen LogP contribution in [0.5, 0.6) is 5.88 Å². The first-order valence-corrected chi connectivity index (χ1v) is 12.1. The van der Waals surface area contributed by atoms with Crippen LogP contribution < -0.4 is 4.74 Å². The number of likely N-dealkylation sites (tertiary alicyclic amines) is 1. The smallest absolute Gasteiger partial charge is 0.371 e. The molecule has 0 saturated carbocycles. The number of carboxylic acid groups (broad SMARTS) is 1. The normalized spacial score (nSPS) is 27.4. The largest absolute Gasteiger partial charge is 0.475 e. The highest BCUT2D eigenvalue weighted by molar-refractivity contribution is 5.86. The monoisotopic (exact) mass is 472 g/mol. The van der Waals surface area contributed by atoms with Gasteiger partial charge in [-0.15, -0.1) is 0 Å². The number of ether oxygens (including phenoxy) is 2. The molecule has 184 valence electrons. The highest BCUT2D eigenvalue weighted by Gasteiger charge is 2.38. The van der Waals surface area contributed by atoms with Gasteiger partial charge in [-0.2, -0.15) is 10.1 Å². The van der Waals surface area contributed by atoms with Gasteiger partial charge in [0.25, 0.3) is 6.29 Å². The van der Waals surface area contributed by atoms with E-state index in [9.17, 15) is 20.1 Å². The van der Waals surface area contributed by atoms with Gasteiger partial charge in [0.2, 0.25) is 11.6 Å². The summed E-state index contributed by atoms with van der Waals surface area (Å²) in [4.78, 5) is 18.7. The molecule has 1 fully saturated rings. The lowest BCUT2D eigenvalue weighted by atomic mass is 9.88. The molecule has 4 heterocycles. The first-order chi connectivity index (χ1) is 16.4. The summed E-state index contributed by atoms with van der Waals surface area (Å²) in [7, 11) is 1.87. The number of rotatable bonds is 6. The van der Waals surface area contributed by atoms with Crippen molar-refractivity contribution in [2.24, 2.45) is 7.05 Å². The fraction of sp³-hybridized carbons (Fsp3) is 0.625. The zero-order valence-corrected chi connectivity index (χ0v) is 19.6. The number of hydrogen-bond acceptors (Lipinski definition) is 8. The molecule has 2 aromatic rings. The van der Waals surface area contributed by atoms with E-state index in [2.05, 4.69) is 11.8 Å². The molecular formula is C24H32N4O6. The highest BCUT2D eigenvalue weighted by Crippen LogP contribution is 2.40. The van der Waals surface area contributed by atoms with E-state index >= 15 is 0 Å². The summed E-state index contributed by atoms with van der Waals surface area (Å²) in [6.07, 6.45) is 2.62. The van der Waals surface area contributed by atoms with Gasteiger partial charge in [0, 0.05) is 30.5 Å². The van der Waals surface area contributed by atoms with Crippen LogP contribution in [0.15, 0.2) is 11.8 Å². The lowest BCUT2D eigenvalue weighted by molar-refractivity contribution is -0.173. The predicted octanol–water partition coefficient (Wildman–Crippen LogP) is 1.47. The fourth-order valence-corrected chi connectivity index (χ4v) is 5.47. The molecule has 1 aliphatic carbocycles. The van der Waals surface area contributed by atoms with Gasteiger partial charge in [0.15, 0.2) is 11.8 Å². The van der Waals surface area contributed by atoms with Crippen LogP contribution in [0, 0.1) is 0 Å². The van der Waals surface area contributed by atoms with Gasteiger partial charge >= 0.3 is 5.97 Å². The van der Waals surface area contributed by atoms with Gasteiger partial charge in [-0.05, 0) is 63.3 Å². The van der Waals surface area contributed by atoms with E-state index in [1.54, 1.807) is 4.68 Å². The number of aliphatic hydroxyl groups excluding tert-OH is 2. The van der Waals surface area contributed by atoms with Gasteiger partial charge in [-0.1, -0.05) is 6.92 Å². The Morgan fingerprint density at radius 2 is 2.03 bits per heavy atom. The summed E-state index contributed by atoms with van der Waals surface area (Å²) >= 11 is 0. The van der Waals surface area contributed by atoms with Crippen molar-refractivity contribution in [2.45, 2.75) is 69.9 Å². The lowest BCUT2D eigenvalue weighted by Crippen LogP contribution is -2.46. The van der Waals surface area contributed by atoms with Gasteiger partial charge in [0.05, 0.1) is 5.69 Å². The minimum atomic E-state index is -1.44. The number of carboxylic acids is 1. The molecule has 0 radical (unpaired) electrons. The van der Waals surface area contributed by atoms with Crippen molar-refractivity contribution in [1.82, 2.24) is 19.7 Å². The molecule has 34 heavy (non-hydrogen) atoms. The minimum absolute atomic E-state index is 0.304. The number of aromatic nitrogens is 3. The summed E-state index contributed by atoms with van der Waals surface area (Å²) in [5.74, 6) is -1.14. The molecule has 3 aliphatic rings. The summed E-state index contributed by atoms with van der Waals surface area (Å²) in [6, 6.07) is 0. The molecule has 2 aliphatic heterocycles. The number of hydrogen-bond donors (Lipinski definition) is 3. The van der Waals surface area contributed by atoms with E-state index < -0.39 is 30.2 Å². The molecule has 4 atom stereocenters. The number of aryl methyl sites for hydroxylation is 2. The maximum Gasteiger partial charge on any atom is 0.371 e.